The zero-order valence-corrected chi connectivity index (χ0v) is 22.2. The van der Waals surface area contributed by atoms with Gasteiger partial charge in [-0.1, -0.05) is 37.0 Å². The Kier molecular flexibility index (Phi) is 7.39. The lowest BCUT2D eigenvalue weighted by molar-refractivity contribution is -0.127. The van der Waals surface area contributed by atoms with Gasteiger partial charge in [-0.05, 0) is 74.3 Å². The van der Waals surface area contributed by atoms with E-state index >= 15 is 0 Å². The highest BCUT2D eigenvalue weighted by Crippen LogP contribution is 2.40. The fourth-order valence-corrected chi connectivity index (χ4v) is 6.70. The van der Waals surface area contributed by atoms with Gasteiger partial charge in [0, 0.05) is 43.4 Å². The molecule has 1 amide bonds. The quantitative estimate of drug-likeness (QED) is 0.581. The molecule has 6 heteroatoms. The Bertz CT molecular complexity index is 1090. The van der Waals surface area contributed by atoms with E-state index in [-0.39, 0.29) is 5.91 Å². The number of rotatable bonds is 6. The van der Waals surface area contributed by atoms with Crippen molar-refractivity contribution in [1.82, 2.24) is 15.1 Å². The molecular formula is C31H41N3O3. The van der Waals surface area contributed by atoms with Crippen molar-refractivity contribution in [3.63, 3.8) is 0 Å². The molecule has 0 aromatic heterocycles. The first-order valence-corrected chi connectivity index (χ1v) is 14.4. The number of piperidine rings is 1. The summed E-state index contributed by atoms with van der Waals surface area (Å²) in [5.41, 5.74) is 5.17. The molecule has 3 heterocycles. The van der Waals surface area contributed by atoms with E-state index in [9.17, 15) is 4.79 Å². The molecule has 3 aliphatic heterocycles. The van der Waals surface area contributed by atoms with Gasteiger partial charge in [0.05, 0.1) is 6.67 Å². The Morgan fingerprint density at radius 3 is 2.57 bits per heavy atom. The molecule has 2 fully saturated rings. The second kappa shape index (κ2) is 11.0. The molecule has 198 valence electrons. The Morgan fingerprint density at radius 1 is 0.973 bits per heavy atom. The van der Waals surface area contributed by atoms with E-state index in [1.165, 1.54) is 54.5 Å². The molecule has 0 spiro atoms. The van der Waals surface area contributed by atoms with Crippen LogP contribution in [0.2, 0.25) is 0 Å². The average Bonchev–Trinajstić information content (AvgIpc) is 2.95. The van der Waals surface area contributed by atoms with Crippen molar-refractivity contribution < 1.29 is 14.3 Å². The smallest absolute Gasteiger partial charge is 0.251 e. The number of fused-ring (bicyclic) bond motifs is 2. The second-order valence-corrected chi connectivity index (χ2v) is 11.4. The summed E-state index contributed by atoms with van der Waals surface area (Å²) in [6.07, 6.45) is 16.6. The Labute approximate surface area is 221 Å². The van der Waals surface area contributed by atoms with Crippen LogP contribution < -0.4 is 14.8 Å². The van der Waals surface area contributed by atoms with Gasteiger partial charge in [0.15, 0.2) is 11.5 Å². The Balaban J connectivity index is 1.05. The van der Waals surface area contributed by atoms with Crippen molar-refractivity contribution in [3.8, 4) is 11.5 Å². The summed E-state index contributed by atoms with van der Waals surface area (Å²) < 4.78 is 11.4. The zero-order valence-electron chi connectivity index (χ0n) is 22.2. The average molecular weight is 504 g/mol. The molecule has 1 aromatic rings. The number of carbonyl (C=O) groups excluding carboxylic acids is 1. The van der Waals surface area contributed by atoms with Crippen molar-refractivity contribution in [3.05, 3.63) is 58.8 Å². The van der Waals surface area contributed by atoms with E-state index in [0.29, 0.717) is 37.8 Å². The van der Waals surface area contributed by atoms with Crippen LogP contribution in [0.25, 0.3) is 0 Å². The van der Waals surface area contributed by atoms with E-state index in [0.717, 1.165) is 50.4 Å². The van der Waals surface area contributed by atoms with Crippen LogP contribution in [0.5, 0.6) is 11.5 Å². The molecule has 0 radical (unpaired) electrons. The number of nitrogens with one attached hydrogen (secondary N) is 1. The third kappa shape index (κ3) is 5.51. The maximum Gasteiger partial charge on any atom is 0.251 e. The third-order valence-electron chi connectivity index (χ3n) is 8.95. The fraction of sp³-hybridized carbons (Fsp3) is 0.581. The maximum atomic E-state index is 13.2. The van der Waals surface area contributed by atoms with Gasteiger partial charge in [0.25, 0.3) is 5.91 Å². The molecule has 5 aliphatic rings. The molecular weight excluding hydrogens is 462 g/mol. The summed E-state index contributed by atoms with van der Waals surface area (Å²) in [6, 6.07) is 6.73. The highest BCUT2D eigenvalue weighted by molar-refractivity contribution is 5.91. The minimum atomic E-state index is 0.156. The van der Waals surface area contributed by atoms with Crippen LogP contribution in [0.1, 0.15) is 63.9 Å². The predicted molar refractivity (Wildman–Crippen MR) is 145 cm³/mol. The van der Waals surface area contributed by atoms with Gasteiger partial charge in [-0.15, -0.1) is 0 Å². The monoisotopic (exact) mass is 503 g/mol. The molecule has 37 heavy (non-hydrogen) atoms. The molecule has 2 aliphatic carbocycles. The normalized spacial score (nSPS) is 25.3. The summed E-state index contributed by atoms with van der Waals surface area (Å²) in [6.45, 7) is 6.93. The molecule has 1 saturated carbocycles. The lowest BCUT2D eigenvalue weighted by Crippen LogP contribution is -2.49. The van der Waals surface area contributed by atoms with E-state index in [2.05, 4.69) is 46.3 Å². The predicted octanol–water partition coefficient (Wildman–Crippen LogP) is 5.17. The lowest BCUT2D eigenvalue weighted by Gasteiger charge is -2.41. The summed E-state index contributed by atoms with van der Waals surface area (Å²) in [7, 11) is 0. The second-order valence-electron chi connectivity index (χ2n) is 11.4. The van der Waals surface area contributed by atoms with Crippen LogP contribution >= 0.6 is 0 Å². The number of ether oxygens (including phenoxy) is 2. The van der Waals surface area contributed by atoms with Gasteiger partial charge >= 0.3 is 0 Å². The molecule has 0 bridgehead atoms. The van der Waals surface area contributed by atoms with Crippen LogP contribution in [-0.4, -0.2) is 54.7 Å². The number of allylic oxidation sites excluding steroid dienone is 4. The zero-order chi connectivity index (χ0) is 25.2. The van der Waals surface area contributed by atoms with Crippen molar-refractivity contribution in [2.75, 3.05) is 33.0 Å². The number of hydrogen-bond donors (Lipinski definition) is 1. The summed E-state index contributed by atoms with van der Waals surface area (Å²) in [5, 5.41) is 3.74. The largest absolute Gasteiger partial charge is 0.486 e. The highest BCUT2D eigenvalue weighted by Gasteiger charge is 2.34. The van der Waals surface area contributed by atoms with Crippen molar-refractivity contribution in [2.45, 2.75) is 70.9 Å². The Morgan fingerprint density at radius 2 is 1.76 bits per heavy atom. The van der Waals surface area contributed by atoms with E-state index < -0.39 is 0 Å². The van der Waals surface area contributed by atoms with Gasteiger partial charge in [0.2, 0.25) is 0 Å². The minimum absolute atomic E-state index is 0.156. The number of nitrogens with zero attached hydrogens (tertiary/aromatic N) is 2. The van der Waals surface area contributed by atoms with Crippen molar-refractivity contribution in [2.24, 2.45) is 11.8 Å². The van der Waals surface area contributed by atoms with Gasteiger partial charge in [-0.2, -0.15) is 0 Å². The summed E-state index contributed by atoms with van der Waals surface area (Å²) >= 11 is 0. The molecule has 1 N–H and O–H groups in total. The maximum absolute atomic E-state index is 13.2. The van der Waals surface area contributed by atoms with Gasteiger partial charge in [0.1, 0.15) is 13.2 Å². The van der Waals surface area contributed by atoms with Gasteiger partial charge in [-0.25, -0.2) is 0 Å². The first-order valence-electron chi connectivity index (χ1n) is 14.4. The number of carbonyl (C=O) groups is 1. The first-order chi connectivity index (χ1) is 18.1. The number of benzene rings is 1. The number of amides is 1. The SMILES string of the molecule is CC1=CC(=O)N(CN2CCC(NCc3ccc4c(c3)OCCO4)CC2)C2=CC(C3CCCCC3)=CCC12. The molecule has 1 unspecified atom stereocenters. The van der Waals surface area contributed by atoms with Gasteiger partial charge < -0.3 is 14.8 Å². The van der Waals surface area contributed by atoms with E-state index in [1.807, 2.05) is 12.1 Å². The van der Waals surface area contributed by atoms with Crippen LogP contribution in [0, 0.1) is 11.8 Å². The Hall–Kier alpha value is -2.57. The van der Waals surface area contributed by atoms with E-state index in [4.69, 9.17) is 9.47 Å². The van der Waals surface area contributed by atoms with Crippen molar-refractivity contribution in [1.29, 1.82) is 0 Å². The summed E-state index contributed by atoms with van der Waals surface area (Å²) in [4.78, 5) is 17.7. The molecule has 1 atom stereocenters. The van der Waals surface area contributed by atoms with Crippen LogP contribution in [-0.2, 0) is 11.3 Å². The standard InChI is InChI=1S/C31H41N3O3/c1-22-17-31(35)34(28-19-25(8-9-27(22)28)24-5-3-2-4-6-24)21-33-13-11-26(12-14-33)32-20-23-7-10-29-30(18-23)37-16-15-36-29/h7-8,10,17-19,24,26-27,32H,2-6,9,11-16,20-21H2,1H3. The van der Waals surface area contributed by atoms with Crippen LogP contribution in [0.3, 0.4) is 0 Å². The van der Waals surface area contributed by atoms with E-state index in [1.54, 1.807) is 0 Å². The minimum Gasteiger partial charge on any atom is -0.486 e. The molecule has 6 nitrogen and oxygen atoms in total. The first kappa shape index (κ1) is 24.7. The van der Waals surface area contributed by atoms with Crippen LogP contribution in [0.4, 0.5) is 0 Å². The molecule has 1 saturated heterocycles. The molecule has 6 rings (SSSR count). The highest BCUT2D eigenvalue weighted by atomic mass is 16.6. The number of hydrogen-bond acceptors (Lipinski definition) is 5. The van der Waals surface area contributed by atoms with Crippen LogP contribution in [0.15, 0.2) is 53.3 Å². The lowest BCUT2D eigenvalue weighted by atomic mass is 9.77. The van der Waals surface area contributed by atoms with Crippen molar-refractivity contribution >= 4 is 5.91 Å². The summed E-state index contributed by atoms with van der Waals surface area (Å²) in [5.74, 6) is 2.89. The number of likely N-dealkylation sites (tertiary alicyclic amines) is 1. The van der Waals surface area contributed by atoms with Gasteiger partial charge in [-0.3, -0.25) is 14.6 Å². The third-order valence-corrected chi connectivity index (χ3v) is 8.95. The fourth-order valence-electron chi connectivity index (χ4n) is 6.70. The topological polar surface area (TPSA) is 54.0 Å². The molecule has 1 aromatic carbocycles.